The third kappa shape index (κ3) is 5.15. The molecule has 2 unspecified atom stereocenters. The molecule has 0 saturated heterocycles. The lowest BCUT2D eigenvalue weighted by Crippen LogP contribution is -2.05. The summed E-state index contributed by atoms with van der Waals surface area (Å²) in [6.07, 6.45) is 2.42. The van der Waals surface area contributed by atoms with Gasteiger partial charge in [0, 0.05) is 0 Å². The van der Waals surface area contributed by atoms with Gasteiger partial charge in [0.2, 0.25) is 0 Å². The van der Waals surface area contributed by atoms with E-state index < -0.39 is 0 Å². The first-order chi connectivity index (χ1) is 8.09. The van der Waals surface area contributed by atoms with E-state index in [2.05, 4.69) is 45.5 Å². The molecular weight excluding hydrogens is 240 g/mol. The number of benzene rings is 1. The first-order valence-electron chi connectivity index (χ1n) is 6.82. The molecule has 0 aromatic heterocycles. The van der Waals surface area contributed by atoms with Crippen molar-refractivity contribution >= 4 is 0 Å². The standard InChI is InChI=1S/C15H20.C2H6.3CH4/c1-10(2)8-14-9-13-7-5-6-11(3)15(13)12(14)4;1-2;;;/h5-7,12,14H,1,8-9H2,2-4H3;1-2H3;3*1H4. The van der Waals surface area contributed by atoms with Crippen molar-refractivity contribution in [1.29, 1.82) is 0 Å². The van der Waals surface area contributed by atoms with Gasteiger partial charge in [-0.2, -0.15) is 0 Å². The lowest BCUT2D eigenvalue weighted by Gasteiger charge is -2.16. The molecule has 0 N–H and O–H groups in total. The zero-order valence-corrected chi connectivity index (χ0v) is 12.0. The van der Waals surface area contributed by atoms with Crippen LogP contribution in [0.1, 0.15) is 79.0 Å². The van der Waals surface area contributed by atoms with Gasteiger partial charge < -0.3 is 0 Å². The third-order valence-electron chi connectivity index (χ3n) is 3.67. The third-order valence-corrected chi connectivity index (χ3v) is 3.67. The summed E-state index contributed by atoms with van der Waals surface area (Å²) in [5, 5.41) is 0. The summed E-state index contributed by atoms with van der Waals surface area (Å²) in [4.78, 5) is 0. The SMILES string of the molecule is C.C.C.C=C(C)CC1Cc2cccc(C)c2C1C.CC. The minimum Gasteiger partial charge on any atom is -0.100 e. The highest BCUT2D eigenvalue weighted by Gasteiger charge is 2.29. The van der Waals surface area contributed by atoms with Gasteiger partial charge in [-0.3, -0.25) is 0 Å². The molecule has 0 aliphatic heterocycles. The maximum Gasteiger partial charge on any atom is -0.0150 e. The topological polar surface area (TPSA) is 0 Å². The molecule has 20 heavy (non-hydrogen) atoms. The minimum atomic E-state index is 0. The van der Waals surface area contributed by atoms with Crippen molar-refractivity contribution in [3.63, 3.8) is 0 Å². The van der Waals surface area contributed by atoms with Gasteiger partial charge in [0.1, 0.15) is 0 Å². The summed E-state index contributed by atoms with van der Waals surface area (Å²) in [6, 6.07) is 6.71. The van der Waals surface area contributed by atoms with Gasteiger partial charge in [0.15, 0.2) is 0 Å². The molecule has 2 rings (SSSR count). The number of hydrogen-bond acceptors (Lipinski definition) is 0. The van der Waals surface area contributed by atoms with Crippen LogP contribution in [0.15, 0.2) is 30.4 Å². The average molecular weight is 279 g/mol. The highest BCUT2D eigenvalue weighted by Crippen LogP contribution is 2.41. The molecule has 118 valence electrons. The van der Waals surface area contributed by atoms with Crippen molar-refractivity contribution < 1.29 is 0 Å². The monoisotopic (exact) mass is 278 g/mol. The van der Waals surface area contributed by atoms with E-state index in [1.807, 2.05) is 13.8 Å². The van der Waals surface area contributed by atoms with Crippen LogP contribution in [0.3, 0.4) is 0 Å². The molecule has 0 saturated carbocycles. The molecule has 1 aromatic rings. The summed E-state index contributed by atoms with van der Waals surface area (Å²) in [7, 11) is 0. The molecule has 0 spiro atoms. The number of rotatable bonds is 2. The van der Waals surface area contributed by atoms with E-state index in [1.165, 1.54) is 24.0 Å². The summed E-state index contributed by atoms with van der Waals surface area (Å²) in [6.45, 7) is 14.8. The Morgan fingerprint density at radius 2 is 1.75 bits per heavy atom. The maximum atomic E-state index is 4.04. The van der Waals surface area contributed by atoms with E-state index in [0.717, 1.165) is 5.92 Å². The van der Waals surface area contributed by atoms with E-state index in [-0.39, 0.29) is 22.3 Å². The van der Waals surface area contributed by atoms with Gasteiger partial charge >= 0.3 is 0 Å². The normalized spacial score (nSPS) is 18.2. The predicted octanol–water partition coefficient (Wildman–Crippen LogP) is 7.17. The second-order valence-electron chi connectivity index (χ2n) is 5.06. The van der Waals surface area contributed by atoms with Crippen LogP contribution in [0, 0.1) is 12.8 Å². The first kappa shape index (κ1) is 24.0. The number of fused-ring (bicyclic) bond motifs is 1. The molecule has 1 aromatic carbocycles. The van der Waals surface area contributed by atoms with Gasteiger partial charge in [-0.15, -0.1) is 6.58 Å². The van der Waals surface area contributed by atoms with Crippen LogP contribution in [0.2, 0.25) is 0 Å². The molecule has 2 atom stereocenters. The van der Waals surface area contributed by atoms with Crippen LogP contribution in [0.4, 0.5) is 0 Å². The minimum absolute atomic E-state index is 0. The van der Waals surface area contributed by atoms with Crippen LogP contribution in [-0.2, 0) is 6.42 Å². The van der Waals surface area contributed by atoms with Crippen LogP contribution >= 0.6 is 0 Å². The largest absolute Gasteiger partial charge is 0.100 e. The van der Waals surface area contributed by atoms with E-state index in [9.17, 15) is 0 Å². The average Bonchev–Trinajstić information content (AvgIpc) is 2.59. The molecule has 0 radical (unpaired) electrons. The fraction of sp³-hybridized carbons (Fsp3) is 0.600. The van der Waals surface area contributed by atoms with Gasteiger partial charge in [-0.05, 0) is 55.2 Å². The molecule has 0 nitrogen and oxygen atoms in total. The molecule has 0 heteroatoms. The van der Waals surface area contributed by atoms with Crippen molar-refractivity contribution in [1.82, 2.24) is 0 Å². The zero-order valence-electron chi connectivity index (χ0n) is 12.0. The van der Waals surface area contributed by atoms with Gasteiger partial charge in [0.25, 0.3) is 0 Å². The van der Waals surface area contributed by atoms with Crippen molar-refractivity contribution in [2.24, 2.45) is 5.92 Å². The van der Waals surface area contributed by atoms with Crippen molar-refractivity contribution in [2.75, 3.05) is 0 Å². The molecule has 1 aliphatic rings. The summed E-state index contributed by atoms with van der Waals surface area (Å²) >= 11 is 0. The Morgan fingerprint density at radius 3 is 2.20 bits per heavy atom. The highest BCUT2D eigenvalue weighted by atomic mass is 14.3. The quantitative estimate of drug-likeness (QED) is 0.503. The Balaban J connectivity index is -0.000000553. The molecule has 0 bridgehead atoms. The van der Waals surface area contributed by atoms with Gasteiger partial charge in [0.05, 0.1) is 0 Å². The van der Waals surface area contributed by atoms with Crippen molar-refractivity contribution in [3.05, 3.63) is 47.0 Å². The fourth-order valence-corrected chi connectivity index (χ4v) is 2.96. The summed E-state index contributed by atoms with van der Waals surface area (Å²) in [5.41, 5.74) is 5.94. The van der Waals surface area contributed by atoms with Crippen LogP contribution in [-0.4, -0.2) is 0 Å². The van der Waals surface area contributed by atoms with E-state index in [0.29, 0.717) is 5.92 Å². The molecular formula is C20H38. The number of aryl methyl sites for hydroxylation is 1. The second-order valence-corrected chi connectivity index (χ2v) is 5.06. The lowest BCUT2D eigenvalue weighted by molar-refractivity contribution is 0.478. The smallest absolute Gasteiger partial charge is 0.0150 e. The maximum absolute atomic E-state index is 4.04. The van der Waals surface area contributed by atoms with Gasteiger partial charge in [-0.25, -0.2) is 0 Å². The highest BCUT2D eigenvalue weighted by molar-refractivity contribution is 5.41. The Bertz CT molecular complexity index is 387. The second kappa shape index (κ2) is 10.7. The first-order valence-corrected chi connectivity index (χ1v) is 6.82. The van der Waals surface area contributed by atoms with Crippen LogP contribution < -0.4 is 0 Å². The predicted molar refractivity (Wildman–Crippen MR) is 97.8 cm³/mol. The van der Waals surface area contributed by atoms with Crippen LogP contribution in [0.5, 0.6) is 0 Å². The summed E-state index contributed by atoms with van der Waals surface area (Å²) in [5.74, 6) is 1.48. The molecule has 0 fully saturated rings. The van der Waals surface area contributed by atoms with Crippen molar-refractivity contribution in [3.8, 4) is 0 Å². The van der Waals surface area contributed by atoms with E-state index in [4.69, 9.17) is 0 Å². The lowest BCUT2D eigenvalue weighted by atomic mass is 9.88. The van der Waals surface area contributed by atoms with Gasteiger partial charge in [-0.1, -0.05) is 66.8 Å². The molecule has 1 aliphatic carbocycles. The Morgan fingerprint density at radius 1 is 1.20 bits per heavy atom. The number of allylic oxidation sites excluding steroid dienone is 1. The van der Waals surface area contributed by atoms with E-state index >= 15 is 0 Å². The fourth-order valence-electron chi connectivity index (χ4n) is 2.96. The zero-order chi connectivity index (χ0) is 13.0. The van der Waals surface area contributed by atoms with Crippen LogP contribution in [0.25, 0.3) is 0 Å². The van der Waals surface area contributed by atoms with Crippen molar-refractivity contribution in [2.45, 2.75) is 75.7 Å². The molecule has 0 amide bonds. The summed E-state index contributed by atoms with van der Waals surface area (Å²) < 4.78 is 0. The Hall–Kier alpha value is -1.04. The molecule has 0 heterocycles. The Kier molecular flexibility index (Phi) is 12.9. The van der Waals surface area contributed by atoms with E-state index in [1.54, 1.807) is 11.1 Å². The number of hydrogen-bond donors (Lipinski definition) is 0. The Labute approximate surface area is 129 Å².